The number of furan rings is 1. The van der Waals surface area contributed by atoms with E-state index in [9.17, 15) is 5.11 Å². The van der Waals surface area contributed by atoms with Crippen molar-refractivity contribution in [3.8, 4) is 0 Å². The van der Waals surface area contributed by atoms with Crippen molar-refractivity contribution >= 4 is 0 Å². The highest BCUT2D eigenvalue weighted by atomic mass is 16.4. The van der Waals surface area contributed by atoms with Crippen molar-refractivity contribution in [2.75, 3.05) is 0 Å². The molecule has 0 saturated heterocycles. The van der Waals surface area contributed by atoms with E-state index in [1.165, 1.54) is 16.7 Å². The van der Waals surface area contributed by atoms with E-state index in [4.69, 9.17) is 4.42 Å². The van der Waals surface area contributed by atoms with E-state index >= 15 is 0 Å². The molecule has 2 nitrogen and oxygen atoms in total. The lowest BCUT2D eigenvalue weighted by Gasteiger charge is -2.12. The molecule has 1 aromatic heterocycles. The SMILES string of the molecule is Cc1cccc(C)c1CC(O)c1ccco1. The first-order valence-corrected chi connectivity index (χ1v) is 5.45. The van der Waals surface area contributed by atoms with Crippen molar-refractivity contribution in [3.05, 3.63) is 59.0 Å². The lowest BCUT2D eigenvalue weighted by Crippen LogP contribution is -2.03. The third-order valence-electron chi connectivity index (χ3n) is 2.91. The fourth-order valence-electron chi connectivity index (χ4n) is 1.95. The van der Waals surface area contributed by atoms with Gasteiger partial charge in [-0.1, -0.05) is 18.2 Å². The van der Waals surface area contributed by atoms with Crippen LogP contribution in [0.3, 0.4) is 0 Å². The van der Waals surface area contributed by atoms with Crippen LogP contribution in [0.25, 0.3) is 0 Å². The number of rotatable bonds is 3. The Morgan fingerprint density at radius 3 is 2.38 bits per heavy atom. The smallest absolute Gasteiger partial charge is 0.132 e. The van der Waals surface area contributed by atoms with Crippen LogP contribution in [0, 0.1) is 13.8 Å². The van der Waals surface area contributed by atoms with Gasteiger partial charge in [-0.15, -0.1) is 0 Å². The molecule has 2 rings (SSSR count). The molecule has 1 unspecified atom stereocenters. The number of hydrogen-bond acceptors (Lipinski definition) is 2. The Kier molecular flexibility index (Phi) is 3.11. The van der Waals surface area contributed by atoms with Gasteiger partial charge in [0.25, 0.3) is 0 Å². The van der Waals surface area contributed by atoms with E-state index in [0.29, 0.717) is 12.2 Å². The number of aliphatic hydroxyl groups excluding tert-OH is 1. The van der Waals surface area contributed by atoms with Gasteiger partial charge in [-0.2, -0.15) is 0 Å². The second kappa shape index (κ2) is 4.54. The highest BCUT2D eigenvalue weighted by Gasteiger charge is 2.13. The van der Waals surface area contributed by atoms with Crippen LogP contribution in [0.4, 0.5) is 0 Å². The summed E-state index contributed by atoms with van der Waals surface area (Å²) in [7, 11) is 0. The Labute approximate surface area is 95.5 Å². The first-order chi connectivity index (χ1) is 7.68. The van der Waals surface area contributed by atoms with Gasteiger partial charge in [-0.05, 0) is 42.7 Å². The molecule has 0 amide bonds. The normalized spacial score (nSPS) is 12.7. The second-order valence-electron chi connectivity index (χ2n) is 4.11. The quantitative estimate of drug-likeness (QED) is 0.854. The van der Waals surface area contributed by atoms with E-state index in [2.05, 4.69) is 26.0 Å². The van der Waals surface area contributed by atoms with Gasteiger partial charge in [0.05, 0.1) is 6.26 Å². The summed E-state index contributed by atoms with van der Waals surface area (Å²) in [6.07, 6.45) is 1.63. The molecule has 0 saturated carbocycles. The highest BCUT2D eigenvalue weighted by molar-refractivity contribution is 5.34. The molecular formula is C14H16O2. The van der Waals surface area contributed by atoms with Gasteiger partial charge in [0, 0.05) is 6.42 Å². The van der Waals surface area contributed by atoms with Crippen LogP contribution in [0.1, 0.15) is 28.6 Å². The maximum Gasteiger partial charge on any atom is 0.132 e. The summed E-state index contributed by atoms with van der Waals surface area (Å²) in [5.74, 6) is 0.627. The van der Waals surface area contributed by atoms with Crippen LogP contribution in [0.2, 0.25) is 0 Å². The molecule has 0 bridgehead atoms. The zero-order valence-corrected chi connectivity index (χ0v) is 9.60. The Morgan fingerprint density at radius 1 is 1.12 bits per heavy atom. The molecule has 0 aliphatic heterocycles. The van der Waals surface area contributed by atoms with E-state index in [1.807, 2.05) is 6.07 Å². The minimum absolute atomic E-state index is 0.560. The zero-order chi connectivity index (χ0) is 11.5. The van der Waals surface area contributed by atoms with Gasteiger partial charge in [-0.3, -0.25) is 0 Å². The molecule has 0 fully saturated rings. The van der Waals surface area contributed by atoms with Gasteiger partial charge in [0.1, 0.15) is 11.9 Å². The molecule has 1 N–H and O–H groups in total. The van der Waals surface area contributed by atoms with Crippen LogP contribution >= 0.6 is 0 Å². The molecule has 1 aromatic carbocycles. The van der Waals surface area contributed by atoms with Crippen molar-refractivity contribution in [1.82, 2.24) is 0 Å². The summed E-state index contributed by atoms with van der Waals surface area (Å²) in [5, 5.41) is 10.0. The molecule has 16 heavy (non-hydrogen) atoms. The summed E-state index contributed by atoms with van der Waals surface area (Å²) in [6, 6.07) is 9.77. The Morgan fingerprint density at radius 2 is 1.81 bits per heavy atom. The molecule has 0 aliphatic rings. The third kappa shape index (κ3) is 2.17. The van der Waals surface area contributed by atoms with Gasteiger partial charge in [0.2, 0.25) is 0 Å². The van der Waals surface area contributed by atoms with Crippen LogP contribution in [0.5, 0.6) is 0 Å². The molecule has 84 valence electrons. The van der Waals surface area contributed by atoms with Crippen molar-refractivity contribution < 1.29 is 9.52 Å². The molecule has 1 heterocycles. The number of aliphatic hydroxyl groups is 1. The van der Waals surface area contributed by atoms with Crippen LogP contribution in [-0.2, 0) is 6.42 Å². The zero-order valence-electron chi connectivity index (χ0n) is 9.60. The Bertz CT molecular complexity index is 437. The maximum absolute atomic E-state index is 10.0. The first-order valence-electron chi connectivity index (χ1n) is 5.45. The molecule has 1 atom stereocenters. The van der Waals surface area contributed by atoms with Gasteiger partial charge < -0.3 is 9.52 Å². The fraction of sp³-hybridized carbons (Fsp3) is 0.286. The highest BCUT2D eigenvalue weighted by Crippen LogP contribution is 2.22. The van der Waals surface area contributed by atoms with Gasteiger partial charge in [0.15, 0.2) is 0 Å². The van der Waals surface area contributed by atoms with Crippen LogP contribution < -0.4 is 0 Å². The predicted molar refractivity (Wildman–Crippen MR) is 63.3 cm³/mol. The van der Waals surface area contributed by atoms with Crippen molar-refractivity contribution in [2.45, 2.75) is 26.4 Å². The number of aryl methyl sites for hydroxylation is 2. The average Bonchev–Trinajstić information content (AvgIpc) is 2.76. The van der Waals surface area contributed by atoms with Crippen molar-refractivity contribution in [3.63, 3.8) is 0 Å². The standard InChI is InChI=1S/C14H16O2/c1-10-5-3-6-11(2)12(10)9-13(15)14-7-4-8-16-14/h3-8,13,15H,9H2,1-2H3. The third-order valence-corrected chi connectivity index (χ3v) is 2.91. The predicted octanol–water partition coefficient (Wildman–Crippen LogP) is 3.17. The average molecular weight is 216 g/mol. The van der Waals surface area contributed by atoms with E-state index < -0.39 is 6.10 Å². The molecule has 0 radical (unpaired) electrons. The van der Waals surface area contributed by atoms with Crippen LogP contribution in [0.15, 0.2) is 41.0 Å². The summed E-state index contributed by atoms with van der Waals surface area (Å²) < 4.78 is 5.20. The largest absolute Gasteiger partial charge is 0.467 e. The Hall–Kier alpha value is -1.54. The topological polar surface area (TPSA) is 33.4 Å². The number of hydrogen-bond donors (Lipinski definition) is 1. The molecule has 2 aromatic rings. The Balaban J connectivity index is 2.21. The minimum atomic E-state index is -0.560. The summed E-state index contributed by atoms with van der Waals surface area (Å²) >= 11 is 0. The number of benzene rings is 1. The second-order valence-corrected chi connectivity index (χ2v) is 4.11. The summed E-state index contributed by atoms with van der Waals surface area (Å²) in [4.78, 5) is 0. The lowest BCUT2D eigenvalue weighted by atomic mass is 9.97. The minimum Gasteiger partial charge on any atom is -0.467 e. The van der Waals surface area contributed by atoms with Crippen LogP contribution in [-0.4, -0.2) is 5.11 Å². The molecule has 0 aliphatic carbocycles. The van der Waals surface area contributed by atoms with Crippen molar-refractivity contribution in [1.29, 1.82) is 0 Å². The molecule has 2 heteroatoms. The van der Waals surface area contributed by atoms with E-state index in [0.717, 1.165) is 0 Å². The summed E-state index contributed by atoms with van der Waals surface area (Å²) in [6.45, 7) is 4.13. The summed E-state index contributed by atoms with van der Waals surface area (Å²) in [5.41, 5.74) is 3.63. The lowest BCUT2D eigenvalue weighted by molar-refractivity contribution is 0.150. The molecular weight excluding hydrogens is 200 g/mol. The maximum atomic E-state index is 10.0. The monoisotopic (exact) mass is 216 g/mol. The molecule has 0 spiro atoms. The van der Waals surface area contributed by atoms with Gasteiger partial charge >= 0.3 is 0 Å². The fourth-order valence-corrected chi connectivity index (χ4v) is 1.95. The van der Waals surface area contributed by atoms with Gasteiger partial charge in [-0.25, -0.2) is 0 Å². The van der Waals surface area contributed by atoms with E-state index in [1.54, 1.807) is 18.4 Å². The first kappa shape index (κ1) is 11.0. The van der Waals surface area contributed by atoms with E-state index in [-0.39, 0.29) is 0 Å². The van der Waals surface area contributed by atoms with Crippen molar-refractivity contribution in [2.24, 2.45) is 0 Å².